The van der Waals surface area contributed by atoms with Gasteiger partial charge < -0.3 is 40.8 Å². The minimum absolute atomic E-state index is 0. The van der Waals surface area contributed by atoms with Crippen LogP contribution < -0.4 is 20.4 Å². The Bertz CT molecular complexity index is 1520. The predicted octanol–water partition coefficient (Wildman–Crippen LogP) is 4.84. The summed E-state index contributed by atoms with van der Waals surface area (Å²) in [6.07, 6.45) is -1.23. The number of nitrogens with zero attached hydrogens (tertiary/aromatic N) is 10. The molecule has 43 heavy (non-hydrogen) atoms. The summed E-state index contributed by atoms with van der Waals surface area (Å²) in [6, 6.07) is 17.3. The van der Waals surface area contributed by atoms with E-state index in [9.17, 15) is 13.2 Å². The number of hydrogen-bond acceptors (Lipinski definition) is 6. The van der Waals surface area contributed by atoms with Gasteiger partial charge in [0.25, 0.3) is 0 Å². The van der Waals surface area contributed by atoms with E-state index in [0.717, 1.165) is 45.9 Å². The third kappa shape index (κ3) is 13.0. The van der Waals surface area contributed by atoms with Gasteiger partial charge in [0.15, 0.2) is 0 Å². The summed E-state index contributed by atoms with van der Waals surface area (Å²) in [5.74, 6) is 0. The van der Waals surface area contributed by atoms with Crippen molar-refractivity contribution in [1.82, 2.24) is 50.8 Å². The summed E-state index contributed by atoms with van der Waals surface area (Å²) in [5, 5.41) is 29.4. The summed E-state index contributed by atoms with van der Waals surface area (Å²) in [5.41, 5.74) is 6.14. The van der Waals surface area contributed by atoms with Gasteiger partial charge >= 0.3 is 48.3 Å². The first-order valence-corrected chi connectivity index (χ1v) is 12.3. The fraction of sp³-hybridized carbons (Fsp3) is 0.214. The van der Waals surface area contributed by atoms with Crippen LogP contribution in [0.25, 0.3) is 22.8 Å². The normalized spacial score (nSPS) is 9.95. The van der Waals surface area contributed by atoms with Gasteiger partial charge in [-0.15, -0.1) is 11.4 Å². The second kappa shape index (κ2) is 18.1. The van der Waals surface area contributed by atoms with Crippen LogP contribution in [0.1, 0.15) is 34.2 Å². The van der Waals surface area contributed by atoms with E-state index in [0.29, 0.717) is 5.69 Å². The van der Waals surface area contributed by atoms with Crippen LogP contribution in [-0.4, -0.2) is 30.4 Å². The Balaban J connectivity index is 0.000000297. The third-order valence-corrected chi connectivity index (χ3v) is 4.91. The summed E-state index contributed by atoms with van der Waals surface area (Å²) >= 11 is 0. The van der Waals surface area contributed by atoms with Crippen LogP contribution in [0.4, 0.5) is 13.2 Å². The van der Waals surface area contributed by atoms with Gasteiger partial charge in [-0.2, -0.15) is 13.2 Å². The Hall–Kier alpha value is -3.69. The van der Waals surface area contributed by atoms with Crippen molar-refractivity contribution in [2.75, 3.05) is 0 Å². The van der Waals surface area contributed by atoms with Gasteiger partial charge in [0.2, 0.25) is 0 Å². The van der Waals surface area contributed by atoms with E-state index in [-0.39, 0.29) is 47.8 Å². The molecule has 0 bridgehead atoms. The van der Waals surface area contributed by atoms with Crippen LogP contribution in [0.15, 0.2) is 73.1 Å². The summed E-state index contributed by atoms with van der Waals surface area (Å²) < 4.78 is 36.6. The maximum absolute atomic E-state index is 12.2. The smallest absolute Gasteiger partial charge is 0.579 e. The standard InChI is InChI=1S/C9H5F3N3.C9H8N3.2C5H7N2.2Pt/c10-9(11,12)8-5-7(14-15-8)6-3-1-2-4-13-6;1-7-6-9(12-11-7)8-4-2-3-5-10-8;2*1-4-3-5(2)7-6-4;;/h1-5H;2-6H,1H3;2*3H,1-2H3;;/q4*-1;2*+2. The van der Waals surface area contributed by atoms with E-state index in [1.165, 1.54) is 6.20 Å². The van der Waals surface area contributed by atoms with Gasteiger partial charge in [-0.3, -0.25) is 9.97 Å². The minimum atomic E-state index is -4.46. The van der Waals surface area contributed by atoms with Gasteiger partial charge in [0, 0.05) is 40.9 Å². The maximum Gasteiger partial charge on any atom is 2.00 e. The molecule has 0 aliphatic rings. The van der Waals surface area contributed by atoms with Crippen LogP contribution in [0.2, 0.25) is 0 Å². The number of pyridine rings is 2. The van der Waals surface area contributed by atoms with Crippen LogP contribution in [0.3, 0.4) is 0 Å². The molecule has 0 radical (unpaired) electrons. The molecule has 0 N–H and O–H groups in total. The molecule has 6 rings (SSSR count). The monoisotopic (exact) mass is 950 g/mol. The molecule has 15 heteroatoms. The topological polar surface area (TPSA) is 134 Å². The van der Waals surface area contributed by atoms with Gasteiger partial charge in [-0.25, -0.2) is 0 Å². The number of alkyl halides is 3. The van der Waals surface area contributed by atoms with Crippen LogP contribution >= 0.6 is 0 Å². The first-order valence-electron chi connectivity index (χ1n) is 12.3. The van der Waals surface area contributed by atoms with Crippen molar-refractivity contribution in [3.63, 3.8) is 0 Å². The van der Waals surface area contributed by atoms with Crippen molar-refractivity contribution in [2.24, 2.45) is 0 Å². The van der Waals surface area contributed by atoms with E-state index in [1.54, 1.807) is 24.4 Å². The van der Waals surface area contributed by atoms with Gasteiger partial charge in [0.05, 0.1) is 0 Å². The number of halogens is 3. The predicted molar refractivity (Wildman–Crippen MR) is 145 cm³/mol. The van der Waals surface area contributed by atoms with E-state index in [4.69, 9.17) is 0 Å². The Labute approximate surface area is 275 Å². The summed E-state index contributed by atoms with van der Waals surface area (Å²) in [4.78, 5) is 8.03. The SMILES string of the molecule is Cc1cc(-c2ccccn2)[n-]n1.Cc1cc(C)[n-]n1.Cc1cc(C)[n-]n1.FC(F)(F)c1cc(-c2ccccn2)[n-]n1.[Pt+2].[Pt+2]. The van der Waals surface area contributed by atoms with Crippen molar-refractivity contribution >= 4 is 0 Å². The molecule has 10 nitrogen and oxygen atoms in total. The molecule has 6 heterocycles. The maximum atomic E-state index is 12.2. The zero-order valence-electron chi connectivity index (χ0n) is 23.7. The molecule has 0 saturated heterocycles. The van der Waals surface area contributed by atoms with Crippen molar-refractivity contribution in [3.8, 4) is 22.8 Å². The molecule has 6 aromatic rings. The minimum Gasteiger partial charge on any atom is -0.579 e. The van der Waals surface area contributed by atoms with Crippen molar-refractivity contribution in [1.29, 1.82) is 0 Å². The van der Waals surface area contributed by atoms with Crippen LogP contribution in [-0.2, 0) is 48.3 Å². The van der Waals surface area contributed by atoms with Gasteiger partial charge in [-0.05, 0) is 51.1 Å². The van der Waals surface area contributed by atoms with Crippen LogP contribution in [0, 0.1) is 34.6 Å². The fourth-order valence-electron chi connectivity index (χ4n) is 3.14. The van der Waals surface area contributed by atoms with E-state index >= 15 is 0 Å². The molecule has 0 spiro atoms. The van der Waals surface area contributed by atoms with Crippen LogP contribution in [0.5, 0.6) is 0 Å². The van der Waals surface area contributed by atoms with Gasteiger partial charge in [-0.1, -0.05) is 55.6 Å². The summed E-state index contributed by atoms with van der Waals surface area (Å²) in [7, 11) is 0. The molecule has 0 aromatic carbocycles. The molecule has 230 valence electrons. The summed E-state index contributed by atoms with van der Waals surface area (Å²) in [6.45, 7) is 9.64. The second-order valence-electron chi connectivity index (χ2n) is 8.67. The molecule has 0 atom stereocenters. The quantitative estimate of drug-likeness (QED) is 0.238. The largest absolute Gasteiger partial charge is 2.00 e. The van der Waals surface area contributed by atoms with Crippen molar-refractivity contribution in [3.05, 3.63) is 107 Å². The van der Waals surface area contributed by atoms with E-state index in [1.807, 2.05) is 71.0 Å². The van der Waals surface area contributed by atoms with Crippen molar-refractivity contribution in [2.45, 2.75) is 40.8 Å². The number of rotatable bonds is 2. The first-order chi connectivity index (χ1) is 19.5. The molecule has 0 aliphatic carbocycles. The Kier molecular flexibility index (Phi) is 15.7. The average Bonchev–Trinajstić information content (AvgIpc) is 3.76. The molecular weight excluding hydrogens is 924 g/mol. The molecule has 0 unspecified atom stereocenters. The number of hydrogen-bond donors (Lipinski definition) is 0. The average molecular weight is 951 g/mol. The molecule has 0 saturated carbocycles. The molecule has 0 fully saturated rings. The Morgan fingerprint density at radius 2 is 0.953 bits per heavy atom. The first kappa shape index (κ1) is 37.3. The van der Waals surface area contributed by atoms with Gasteiger partial charge in [0.1, 0.15) is 5.69 Å². The second-order valence-corrected chi connectivity index (χ2v) is 8.67. The molecular formula is C28H27F3N10Pt2. The Morgan fingerprint density at radius 1 is 0.535 bits per heavy atom. The van der Waals surface area contributed by atoms with E-state index < -0.39 is 11.9 Å². The number of aryl methyl sites for hydroxylation is 5. The molecule has 6 aromatic heterocycles. The van der Waals surface area contributed by atoms with Crippen molar-refractivity contribution < 1.29 is 55.3 Å². The third-order valence-electron chi connectivity index (χ3n) is 4.91. The van der Waals surface area contributed by atoms with E-state index in [2.05, 4.69) is 50.8 Å². The molecule has 0 aliphatic heterocycles. The zero-order valence-corrected chi connectivity index (χ0v) is 28.2. The number of aromatic nitrogens is 10. The fourth-order valence-corrected chi connectivity index (χ4v) is 3.14. The zero-order chi connectivity index (χ0) is 29.8. The molecule has 0 amide bonds. The Morgan fingerprint density at radius 3 is 1.23 bits per heavy atom.